The average Bonchev–Trinajstić information content (AvgIpc) is 3.19. The fourth-order valence-corrected chi connectivity index (χ4v) is 4.39. The first-order chi connectivity index (χ1) is 12.7. The topological polar surface area (TPSA) is 64.8 Å². The lowest BCUT2D eigenvalue weighted by atomic mass is 9.77. The second-order valence-electron chi connectivity index (χ2n) is 7.53. The molecule has 1 aliphatic heterocycles. The van der Waals surface area contributed by atoms with Crippen molar-refractivity contribution in [2.45, 2.75) is 56.5 Å². The van der Waals surface area contributed by atoms with E-state index in [2.05, 4.69) is 11.0 Å². The first kappa shape index (κ1) is 19.2. The van der Waals surface area contributed by atoms with Gasteiger partial charge >= 0.3 is 0 Å². The molecule has 2 aliphatic rings. The summed E-state index contributed by atoms with van der Waals surface area (Å²) in [5, 5.41) is 0. The van der Waals surface area contributed by atoms with Crippen molar-refractivity contribution in [2.24, 2.45) is 5.73 Å². The van der Waals surface area contributed by atoms with Crippen LogP contribution in [0, 0.1) is 0 Å². The molecule has 5 heteroatoms. The van der Waals surface area contributed by atoms with Crippen LogP contribution in [0.15, 0.2) is 24.3 Å². The van der Waals surface area contributed by atoms with Crippen LogP contribution in [0.1, 0.15) is 50.5 Å². The Morgan fingerprint density at radius 3 is 2.65 bits per heavy atom. The van der Waals surface area contributed by atoms with Crippen molar-refractivity contribution in [3.63, 3.8) is 0 Å². The lowest BCUT2D eigenvalue weighted by Crippen LogP contribution is -2.49. The number of rotatable bonds is 7. The average molecular weight is 360 g/mol. The second-order valence-corrected chi connectivity index (χ2v) is 7.53. The molecule has 0 bridgehead atoms. The summed E-state index contributed by atoms with van der Waals surface area (Å²) in [5.74, 6) is 1.12. The molecule has 0 spiro atoms. The molecule has 1 heterocycles. The van der Waals surface area contributed by atoms with Gasteiger partial charge in [0.15, 0.2) is 0 Å². The quantitative estimate of drug-likeness (QED) is 0.760. The van der Waals surface area contributed by atoms with Crippen LogP contribution in [0.2, 0.25) is 0 Å². The van der Waals surface area contributed by atoms with Gasteiger partial charge in [0.2, 0.25) is 5.91 Å². The van der Waals surface area contributed by atoms with Crippen molar-refractivity contribution in [1.29, 1.82) is 0 Å². The molecule has 144 valence electrons. The molecule has 2 N–H and O–H groups in total. The van der Waals surface area contributed by atoms with Gasteiger partial charge in [-0.25, -0.2) is 0 Å². The summed E-state index contributed by atoms with van der Waals surface area (Å²) in [6.07, 6.45) is 7.11. The molecule has 0 atom stereocenters. The van der Waals surface area contributed by atoms with E-state index in [1.54, 1.807) is 7.11 Å². The number of benzene rings is 1. The van der Waals surface area contributed by atoms with Crippen molar-refractivity contribution in [3.05, 3.63) is 29.8 Å². The summed E-state index contributed by atoms with van der Waals surface area (Å²) in [6.45, 7) is 2.97. The van der Waals surface area contributed by atoms with Gasteiger partial charge in [-0.15, -0.1) is 0 Å². The number of likely N-dealkylation sites (tertiary alicyclic amines) is 1. The minimum Gasteiger partial charge on any atom is -0.497 e. The van der Waals surface area contributed by atoms with Crippen LogP contribution in [0.25, 0.3) is 0 Å². The molecule has 26 heavy (non-hydrogen) atoms. The fraction of sp³-hybridized carbons (Fsp3) is 0.667. The number of methoxy groups -OCH3 is 1. The molecule has 0 radical (unpaired) electrons. The molecule has 2 fully saturated rings. The molecular weight excluding hydrogens is 328 g/mol. The molecular formula is C21H32N2O3. The third-order valence-electron chi connectivity index (χ3n) is 5.92. The molecule has 1 aromatic carbocycles. The van der Waals surface area contributed by atoms with E-state index in [9.17, 15) is 4.79 Å². The minimum atomic E-state index is -0.373. The van der Waals surface area contributed by atoms with Crippen LogP contribution in [0.3, 0.4) is 0 Å². The van der Waals surface area contributed by atoms with E-state index < -0.39 is 0 Å². The van der Waals surface area contributed by atoms with Crippen LogP contribution in [0.4, 0.5) is 0 Å². The largest absolute Gasteiger partial charge is 0.497 e. The van der Waals surface area contributed by atoms with Crippen molar-refractivity contribution >= 4 is 5.91 Å². The number of nitrogens with zero attached hydrogens (tertiary/aromatic N) is 1. The molecule has 1 aromatic rings. The maximum absolute atomic E-state index is 13.5. The number of ether oxygens (including phenoxy) is 2. The monoisotopic (exact) mass is 360 g/mol. The molecule has 1 saturated heterocycles. The number of piperidine rings is 1. The highest BCUT2D eigenvalue weighted by molar-refractivity contribution is 5.89. The Morgan fingerprint density at radius 2 is 2.00 bits per heavy atom. The van der Waals surface area contributed by atoms with Crippen LogP contribution in [-0.2, 0) is 14.9 Å². The van der Waals surface area contributed by atoms with Crippen LogP contribution < -0.4 is 10.5 Å². The van der Waals surface area contributed by atoms with Gasteiger partial charge in [-0.3, -0.25) is 4.79 Å². The highest BCUT2D eigenvalue weighted by Gasteiger charge is 2.45. The van der Waals surface area contributed by atoms with E-state index in [-0.39, 0.29) is 11.5 Å². The van der Waals surface area contributed by atoms with Gasteiger partial charge in [-0.2, -0.15) is 0 Å². The Morgan fingerprint density at radius 1 is 1.27 bits per heavy atom. The number of hydrogen-bond donors (Lipinski definition) is 1. The first-order valence-corrected chi connectivity index (χ1v) is 9.95. The van der Waals surface area contributed by atoms with E-state index in [0.29, 0.717) is 12.5 Å². The number of hydrogen-bond acceptors (Lipinski definition) is 4. The van der Waals surface area contributed by atoms with Gasteiger partial charge in [0.25, 0.3) is 0 Å². The maximum Gasteiger partial charge on any atom is 0.233 e. The maximum atomic E-state index is 13.5. The van der Waals surface area contributed by atoms with Gasteiger partial charge in [0.05, 0.1) is 18.6 Å². The minimum absolute atomic E-state index is 0.266. The van der Waals surface area contributed by atoms with Crippen molar-refractivity contribution in [1.82, 2.24) is 4.90 Å². The summed E-state index contributed by atoms with van der Waals surface area (Å²) in [4.78, 5) is 15.6. The van der Waals surface area contributed by atoms with E-state index in [0.717, 1.165) is 76.0 Å². The molecule has 1 amide bonds. The van der Waals surface area contributed by atoms with Gasteiger partial charge in [0.1, 0.15) is 5.75 Å². The zero-order chi connectivity index (χ0) is 18.4. The first-order valence-electron chi connectivity index (χ1n) is 9.95. The fourth-order valence-electron chi connectivity index (χ4n) is 4.39. The van der Waals surface area contributed by atoms with E-state index in [1.165, 1.54) is 0 Å². The highest BCUT2D eigenvalue weighted by atomic mass is 16.5. The molecule has 1 saturated carbocycles. The summed E-state index contributed by atoms with van der Waals surface area (Å²) in [5.41, 5.74) is 6.26. The molecule has 5 nitrogen and oxygen atoms in total. The smallest absolute Gasteiger partial charge is 0.233 e. The third-order valence-corrected chi connectivity index (χ3v) is 5.92. The Hall–Kier alpha value is -1.59. The van der Waals surface area contributed by atoms with Crippen LogP contribution >= 0.6 is 0 Å². The normalized spacial score (nSPS) is 20.3. The van der Waals surface area contributed by atoms with Gasteiger partial charge in [-0.05, 0) is 56.3 Å². The lowest BCUT2D eigenvalue weighted by Gasteiger charge is -2.38. The molecule has 1 aliphatic carbocycles. The molecule has 0 aromatic heterocycles. The third kappa shape index (κ3) is 4.04. The predicted octanol–water partition coefficient (Wildman–Crippen LogP) is 2.86. The lowest BCUT2D eigenvalue weighted by molar-refractivity contribution is -0.140. The second kappa shape index (κ2) is 8.87. The zero-order valence-electron chi connectivity index (χ0n) is 15.9. The van der Waals surface area contributed by atoms with Crippen LogP contribution in [0.5, 0.6) is 5.75 Å². The zero-order valence-corrected chi connectivity index (χ0v) is 15.9. The standard InChI is InChI=1S/C21H32N2O3/c1-25-19-7-4-6-17(16-19)21(10-2-3-11-21)20(24)23-13-8-18(9-14-23)26-15-5-12-22/h4,6-7,16,18H,2-3,5,8-15,22H2,1H3. The number of carbonyl (C=O) groups is 1. The van der Waals surface area contributed by atoms with E-state index in [1.807, 2.05) is 18.2 Å². The number of nitrogens with two attached hydrogens (primary N) is 1. The van der Waals surface area contributed by atoms with E-state index >= 15 is 0 Å². The molecule has 3 rings (SSSR count). The summed E-state index contributed by atoms with van der Waals surface area (Å²) < 4.78 is 11.3. The Bertz CT molecular complexity index is 591. The summed E-state index contributed by atoms with van der Waals surface area (Å²) in [6, 6.07) is 8.08. The van der Waals surface area contributed by atoms with Gasteiger partial charge in [-0.1, -0.05) is 25.0 Å². The number of carbonyl (C=O) groups excluding carboxylic acids is 1. The van der Waals surface area contributed by atoms with Gasteiger partial charge in [0, 0.05) is 19.7 Å². The summed E-state index contributed by atoms with van der Waals surface area (Å²) in [7, 11) is 1.68. The molecule has 0 unspecified atom stereocenters. The van der Waals surface area contributed by atoms with E-state index in [4.69, 9.17) is 15.2 Å². The Balaban J connectivity index is 1.68. The predicted molar refractivity (Wildman–Crippen MR) is 102 cm³/mol. The Labute approximate surface area is 156 Å². The highest BCUT2D eigenvalue weighted by Crippen LogP contribution is 2.44. The van der Waals surface area contributed by atoms with Gasteiger partial charge < -0.3 is 20.1 Å². The summed E-state index contributed by atoms with van der Waals surface area (Å²) >= 11 is 0. The van der Waals surface area contributed by atoms with Crippen LogP contribution in [-0.4, -0.2) is 50.3 Å². The van der Waals surface area contributed by atoms with Crippen molar-refractivity contribution in [2.75, 3.05) is 33.4 Å². The Kier molecular flexibility index (Phi) is 6.54. The SMILES string of the molecule is COc1cccc(C2(C(=O)N3CCC(OCCCN)CC3)CCCC2)c1. The van der Waals surface area contributed by atoms with Crippen molar-refractivity contribution < 1.29 is 14.3 Å². The number of amides is 1. The van der Waals surface area contributed by atoms with Crippen molar-refractivity contribution in [3.8, 4) is 5.75 Å².